The van der Waals surface area contributed by atoms with Crippen LogP contribution in [0.4, 0.5) is 5.69 Å². The fourth-order valence-electron chi connectivity index (χ4n) is 3.27. The van der Waals surface area contributed by atoms with E-state index in [-0.39, 0.29) is 41.4 Å². The van der Waals surface area contributed by atoms with Crippen LogP contribution in [0.25, 0.3) is 0 Å². The lowest BCUT2D eigenvalue weighted by atomic mass is 9.93. The number of carbonyl (C=O) groups excluding carboxylic acids is 4. The molecule has 0 bridgehead atoms. The van der Waals surface area contributed by atoms with Crippen molar-refractivity contribution in [2.75, 3.05) is 31.0 Å². The Bertz CT molecular complexity index is 869. The largest absolute Gasteiger partial charge is 0.463 e. The highest BCUT2D eigenvalue weighted by atomic mass is 35.5. The molecule has 2 aliphatic rings. The average molecular weight is 438 g/mol. The number of hydrogen-bond acceptors (Lipinski definition) is 7. The fourth-order valence-corrected chi connectivity index (χ4v) is 4.18. The van der Waals surface area contributed by atoms with E-state index in [0.717, 1.165) is 29.5 Å². The molecule has 154 valence electrons. The van der Waals surface area contributed by atoms with Crippen LogP contribution in [-0.2, 0) is 23.9 Å². The molecule has 0 spiro atoms. The van der Waals surface area contributed by atoms with Crippen molar-refractivity contribution in [1.29, 1.82) is 0 Å². The second kappa shape index (κ2) is 9.56. The van der Waals surface area contributed by atoms with Crippen molar-refractivity contribution in [3.63, 3.8) is 0 Å². The van der Waals surface area contributed by atoms with E-state index in [0.29, 0.717) is 29.7 Å². The van der Waals surface area contributed by atoms with Crippen LogP contribution >= 0.6 is 23.4 Å². The molecule has 9 heteroatoms. The molecule has 1 heterocycles. The van der Waals surface area contributed by atoms with Gasteiger partial charge in [0.2, 0.25) is 5.12 Å². The molecule has 3 rings (SSSR count). The number of hydrogen-bond donors (Lipinski definition) is 0. The number of imide groups is 1. The fraction of sp³-hybridized carbons (Fsp3) is 0.400. The zero-order chi connectivity index (χ0) is 21.0. The van der Waals surface area contributed by atoms with Crippen molar-refractivity contribution in [2.45, 2.75) is 25.7 Å². The first kappa shape index (κ1) is 21.5. The molecular formula is C20H20ClNO6S. The van der Waals surface area contributed by atoms with Gasteiger partial charge >= 0.3 is 5.97 Å². The lowest BCUT2D eigenvalue weighted by Crippen LogP contribution is -2.31. The summed E-state index contributed by atoms with van der Waals surface area (Å²) in [6.07, 6.45) is 2.95. The van der Waals surface area contributed by atoms with Crippen LogP contribution in [0.2, 0.25) is 5.02 Å². The number of nitrogens with zero attached hydrogens (tertiary/aromatic N) is 1. The molecule has 0 unspecified atom stereocenters. The molecule has 0 atom stereocenters. The van der Waals surface area contributed by atoms with Crippen LogP contribution in [0, 0.1) is 0 Å². The van der Waals surface area contributed by atoms with Crippen LogP contribution in [0.5, 0.6) is 0 Å². The van der Waals surface area contributed by atoms with Crippen LogP contribution in [0.15, 0.2) is 29.3 Å². The molecule has 2 amide bonds. The van der Waals surface area contributed by atoms with E-state index in [1.165, 1.54) is 25.3 Å². The standard InChI is InChI=1S/C20H20ClNO6S/c1-27-8-9-28-17(23)11-29-20(26)15-10-12(6-7-16(15)21)22-18(24)13-4-2-3-5-14(13)19(22)25/h6-7,10H,2-5,8-9,11H2,1H3. The highest BCUT2D eigenvalue weighted by Gasteiger charge is 2.39. The van der Waals surface area contributed by atoms with Crippen LogP contribution in [-0.4, -0.2) is 49.0 Å². The third-order valence-corrected chi connectivity index (χ3v) is 5.88. The Morgan fingerprint density at radius 3 is 2.38 bits per heavy atom. The molecule has 29 heavy (non-hydrogen) atoms. The number of halogens is 1. The molecule has 1 aliphatic heterocycles. The van der Waals surface area contributed by atoms with Gasteiger partial charge in [0.15, 0.2) is 0 Å². The van der Waals surface area contributed by atoms with Gasteiger partial charge < -0.3 is 9.47 Å². The molecule has 0 N–H and O–H groups in total. The van der Waals surface area contributed by atoms with E-state index in [4.69, 9.17) is 21.1 Å². The van der Waals surface area contributed by atoms with Gasteiger partial charge in [-0.25, -0.2) is 4.90 Å². The monoisotopic (exact) mass is 437 g/mol. The minimum atomic E-state index is -0.547. The van der Waals surface area contributed by atoms with E-state index in [1.807, 2.05) is 0 Å². The van der Waals surface area contributed by atoms with Crippen LogP contribution in [0.1, 0.15) is 36.0 Å². The SMILES string of the molecule is COCCOC(=O)CSC(=O)c1cc(N2C(=O)C3=C(CCCC3)C2=O)ccc1Cl. The van der Waals surface area contributed by atoms with Crippen molar-refractivity contribution >= 4 is 51.9 Å². The average Bonchev–Trinajstić information content (AvgIpc) is 2.98. The van der Waals surface area contributed by atoms with E-state index in [9.17, 15) is 19.2 Å². The number of anilines is 1. The maximum atomic E-state index is 12.7. The molecule has 0 fully saturated rings. The second-order valence-corrected chi connectivity index (χ2v) is 7.92. The minimum absolute atomic E-state index is 0.108. The molecule has 0 saturated heterocycles. The Kier molecular flexibility index (Phi) is 7.10. The molecule has 0 radical (unpaired) electrons. The quantitative estimate of drug-likeness (QED) is 0.367. The van der Waals surface area contributed by atoms with Crippen molar-refractivity contribution in [3.8, 4) is 0 Å². The predicted octanol–water partition coefficient (Wildman–Crippen LogP) is 3.15. The zero-order valence-electron chi connectivity index (χ0n) is 15.9. The van der Waals surface area contributed by atoms with E-state index < -0.39 is 11.1 Å². The summed E-state index contributed by atoms with van der Waals surface area (Å²) in [6, 6.07) is 4.43. The number of benzene rings is 1. The van der Waals surface area contributed by atoms with Crippen LogP contribution < -0.4 is 4.90 Å². The number of carbonyl (C=O) groups is 4. The lowest BCUT2D eigenvalue weighted by molar-refractivity contribution is -0.141. The number of rotatable bonds is 7. The Morgan fingerprint density at radius 2 is 1.76 bits per heavy atom. The van der Waals surface area contributed by atoms with Gasteiger partial charge in [0.1, 0.15) is 6.61 Å². The summed E-state index contributed by atoms with van der Waals surface area (Å²) in [6.45, 7) is 0.380. The van der Waals surface area contributed by atoms with Gasteiger partial charge in [0.25, 0.3) is 11.8 Å². The molecule has 0 saturated carbocycles. The number of thioether (sulfide) groups is 1. The lowest BCUT2D eigenvalue weighted by Gasteiger charge is -2.16. The van der Waals surface area contributed by atoms with Gasteiger partial charge in [-0.1, -0.05) is 23.4 Å². The summed E-state index contributed by atoms with van der Waals surface area (Å²) in [5.74, 6) is -1.39. The third-order valence-electron chi connectivity index (χ3n) is 4.69. The molecule has 0 aromatic heterocycles. The predicted molar refractivity (Wildman–Crippen MR) is 109 cm³/mol. The van der Waals surface area contributed by atoms with E-state index >= 15 is 0 Å². The van der Waals surface area contributed by atoms with Crippen molar-refractivity contribution in [1.82, 2.24) is 0 Å². The number of esters is 1. The maximum absolute atomic E-state index is 12.7. The van der Waals surface area contributed by atoms with Gasteiger partial charge in [-0.15, -0.1) is 0 Å². The van der Waals surface area contributed by atoms with E-state index in [1.54, 1.807) is 0 Å². The number of ether oxygens (including phenoxy) is 2. The van der Waals surface area contributed by atoms with Crippen LogP contribution in [0.3, 0.4) is 0 Å². The zero-order valence-corrected chi connectivity index (χ0v) is 17.4. The van der Waals surface area contributed by atoms with Gasteiger partial charge in [-0.2, -0.15) is 0 Å². The molecule has 1 aromatic carbocycles. The van der Waals surface area contributed by atoms with E-state index in [2.05, 4.69) is 0 Å². The second-order valence-electron chi connectivity index (χ2n) is 6.56. The number of methoxy groups -OCH3 is 1. The molecular weight excluding hydrogens is 418 g/mol. The summed E-state index contributed by atoms with van der Waals surface area (Å²) in [7, 11) is 1.49. The van der Waals surface area contributed by atoms with Gasteiger partial charge in [-0.3, -0.25) is 19.2 Å². The smallest absolute Gasteiger partial charge is 0.316 e. The first-order chi connectivity index (χ1) is 13.9. The van der Waals surface area contributed by atoms with Gasteiger partial charge in [-0.05, 0) is 43.9 Å². The van der Waals surface area contributed by atoms with Crippen molar-refractivity contribution in [2.24, 2.45) is 0 Å². The molecule has 7 nitrogen and oxygen atoms in total. The van der Waals surface area contributed by atoms with Crippen molar-refractivity contribution < 1.29 is 28.7 Å². The summed E-state index contributed by atoms with van der Waals surface area (Å²) >= 11 is 6.89. The highest BCUT2D eigenvalue weighted by molar-refractivity contribution is 8.14. The summed E-state index contributed by atoms with van der Waals surface area (Å²) in [5.41, 5.74) is 1.56. The number of amides is 2. The third kappa shape index (κ3) is 4.71. The van der Waals surface area contributed by atoms with Gasteiger partial charge in [0.05, 0.1) is 23.1 Å². The normalized spacial score (nSPS) is 16.3. The molecule has 1 aliphatic carbocycles. The Morgan fingerprint density at radius 1 is 1.10 bits per heavy atom. The van der Waals surface area contributed by atoms with Gasteiger partial charge in [0, 0.05) is 23.8 Å². The molecule has 1 aromatic rings. The summed E-state index contributed by atoms with van der Waals surface area (Å²) in [5, 5.41) is -0.270. The first-order valence-electron chi connectivity index (χ1n) is 9.16. The minimum Gasteiger partial charge on any atom is -0.463 e. The Balaban J connectivity index is 1.72. The summed E-state index contributed by atoms with van der Waals surface area (Å²) in [4.78, 5) is 50.7. The Labute approximate surface area is 177 Å². The maximum Gasteiger partial charge on any atom is 0.316 e. The first-order valence-corrected chi connectivity index (χ1v) is 10.5. The summed E-state index contributed by atoms with van der Waals surface area (Å²) < 4.78 is 9.70. The Hall–Kier alpha value is -2.16. The highest BCUT2D eigenvalue weighted by Crippen LogP contribution is 2.37. The van der Waals surface area contributed by atoms with Crippen molar-refractivity contribution in [3.05, 3.63) is 39.9 Å². The topological polar surface area (TPSA) is 90.0 Å².